The number of ether oxygens (including phenoxy) is 4. The third-order valence-electron chi connectivity index (χ3n) is 3.89. The highest BCUT2D eigenvalue weighted by Crippen LogP contribution is 2.35. The Labute approximate surface area is 171 Å². The summed E-state index contributed by atoms with van der Waals surface area (Å²) in [5.41, 5.74) is 0.579. The molecule has 0 saturated carbocycles. The van der Waals surface area contributed by atoms with Gasteiger partial charge in [0.05, 0.1) is 25.7 Å². The van der Waals surface area contributed by atoms with Gasteiger partial charge in [-0.1, -0.05) is 6.07 Å². The molecular weight excluding hydrogens is 402 g/mol. The molecule has 1 saturated heterocycles. The third-order valence-corrected chi connectivity index (χ3v) is 4.78. The molecule has 1 aliphatic heterocycles. The molecule has 156 valence electrons. The quantitative estimate of drug-likeness (QED) is 0.459. The number of carbonyl (C=O) groups excluding carboxylic acids is 4. The standard InChI is InChI=1S/C19H21NO8S/c1-5-27-14-8-12(6-7-13(14)28-10-16(21)25-3)9-15-17(22)20(19(24)29-15)11(2)18(23)26-4/h6-9,11H,5,10H2,1-4H3/b15-9+/t11-/m1/s1. The van der Waals surface area contributed by atoms with E-state index in [9.17, 15) is 19.2 Å². The molecule has 0 spiro atoms. The van der Waals surface area contributed by atoms with Crippen molar-refractivity contribution < 1.29 is 38.1 Å². The summed E-state index contributed by atoms with van der Waals surface area (Å²) in [5.74, 6) is -1.10. The first-order valence-electron chi connectivity index (χ1n) is 8.63. The monoisotopic (exact) mass is 423 g/mol. The van der Waals surface area contributed by atoms with Crippen LogP contribution in [-0.4, -0.2) is 61.5 Å². The molecule has 0 radical (unpaired) electrons. The maximum atomic E-state index is 12.6. The first-order chi connectivity index (χ1) is 13.8. The van der Waals surface area contributed by atoms with E-state index in [0.29, 0.717) is 23.7 Å². The Bertz CT molecular complexity index is 851. The molecule has 9 nitrogen and oxygen atoms in total. The van der Waals surface area contributed by atoms with E-state index in [1.807, 2.05) is 0 Å². The van der Waals surface area contributed by atoms with E-state index in [4.69, 9.17) is 9.47 Å². The second kappa shape index (κ2) is 9.97. The number of rotatable bonds is 8. The number of hydrogen-bond acceptors (Lipinski definition) is 9. The molecule has 0 aliphatic carbocycles. The molecular formula is C19H21NO8S. The van der Waals surface area contributed by atoms with Crippen molar-refractivity contribution in [2.75, 3.05) is 27.4 Å². The predicted octanol–water partition coefficient (Wildman–Crippen LogP) is 2.23. The van der Waals surface area contributed by atoms with E-state index < -0.39 is 29.1 Å². The van der Waals surface area contributed by atoms with E-state index in [2.05, 4.69) is 9.47 Å². The number of hydrogen-bond donors (Lipinski definition) is 0. The zero-order valence-electron chi connectivity index (χ0n) is 16.4. The fraction of sp³-hybridized carbons (Fsp3) is 0.368. The first-order valence-corrected chi connectivity index (χ1v) is 9.45. The maximum absolute atomic E-state index is 12.6. The van der Waals surface area contributed by atoms with Gasteiger partial charge in [-0.25, -0.2) is 9.59 Å². The van der Waals surface area contributed by atoms with Gasteiger partial charge in [0, 0.05) is 0 Å². The van der Waals surface area contributed by atoms with Crippen molar-refractivity contribution in [2.24, 2.45) is 0 Å². The average Bonchev–Trinajstić information content (AvgIpc) is 2.99. The molecule has 0 bridgehead atoms. The molecule has 0 unspecified atom stereocenters. The highest BCUT2D eigenvalue weighted by Gasteiger charge is 2.41. The molecule has 0 N–H and O–H groups in total. The van der Waals surface area contributed by atoms with Crippen LogP contribution in [0.1, 0.15) is 19.4 Å². The Morgan fingerprint density at radius 3 is 2.48 bits per heavy atom. The lowest BCUT2D eigenvalue weighted by Crippen LogP contribution is -2.42. The van der Waals surface area contributed by atoms with E-state index in [0.717, 1.165) is 16.7 Å². The van der Waals surface area contributed by atoms with Crippen molar-refractivity contribution in [3.63, 3.8) is 0 Å². The van der Waals surface area contributed by atoms with Crippen LogP contribution >= 0.6 is 11.8 Å². The number of methoxy groups -OCH3 is 2. The second-order valence-corrected chi connectivity index (χ2v) is 6.75. The number of carbonyl (C=O) groups is 4. The topological polar surface area (TPSA) is 108 Å². The van der Waals surface area contributed by atoms with Crippen molar-refractivity contribution in [3.05, 3.63) is 28.7 Å². The minimum Gasteiger partial charge on any atom is -0.490 e. The van der Waals surface area contributed by atoms with Crippen LogP contribution in [0, 0.1) is 0 Å². The van der Waals surface area contributed by atoms with E-state index in [1.165, 1.54) is 27.2 Å². The molecule has 1 fully saturated rings. The second-order valence-electron chi connectivity index (χ2n) is 5.75. The summed E-state index contributed by atoms with van der Waals surface area (Å²) in [6.45, 7) is 3.29. The van der Waals surface area contributed by atoms with E-state index in [1.54, 1.807) is 25.1 Å². The molecule has 1 aromatic carbocycles. The molecule has 1 aromatic rings. The fourth-order valence-electron chi connectivity index (χ4n) is 2.44. The van der Waals surface area contributed by atoms with Gasteiger partial charge < -0.3 is 18.9 Å². The molecule has 1 aliphatic rings. The number of amides is 2. The lowest BCUT2D eigenvalue weighted by molar-refractivity contribution is -0.148. The Morgan fingerprint density at radius 2 is 1.86 bits per heavy atom. The summed E-state index contributed by atoms with van der Waals surface area (Å²) in [5, 5.41) is -0.554. The predicted molar refractivity (Wildman–Crippen MR) is 104 cm³/mol. The highest BCUT2D eigenvalue weighted by atomic mass is 32.2. The number of benzene rings is 1. The fourth-order valence-corrected chi connectivity index (χ4v) is 3.35. The van der Waals surface area contributed by atoms with Crippen molar-refractivity contribution >= 4 is 40.9 Å². The summed E-state index contributed by atoms with van der Waals surface area (Å²) in [7, 11) is 2.44. The summed E-state index contributed by atoms with van der Waals surface area (Å²) in [6, 6.07) is 3.83. The summed E-state index contributed by atoms with van der Waals surface area (Å²) in [6.07, 6.45) is 1.52. The Morgan fingerprint density at radius 1 is 1.14 bits per heavy atom. The van der Waals surface area contributed by atoms with Crippen LogP contribution in [0.15, 0.2) is 23.1 Å². The minimum absolute atomic E-state index is 0.163. The summed E-state index contributed by atoms with van der Waals surface area (Å²) < 4.78 is 20.0. The lowest BCUT2D eigenvalue weighted by atomic mass is 10.1. The van der Waals surface area contributed by atoms with Crippen LogP contribution in [0.3, 0.4) is 0 Å². The van der Waals surface area contributed by atoms with Crippen molar-refractivity contribution in [1.82, 2.24) is 4.90 Å². The van der Waals surface area contributed by atoms with Crippen LogP contribution < -0.4 is 9.47 Å². The molecule has 2 amide bonds. The average molecular weight is 423 g/mol. The van der Waals surface area contributed by atoms with Gasteiger partial charge in [0.15, 0.2) is 18.1 Å². The van der Waals surface area contributed by atoms with Crippen LogP contribution in [-0.2, 0) is 23.9 Å². The van der Waals surface area contributed by atoms with Crippen molar-refractivity contribution in [1.29, 1.82) is 0 Å². The molecule has 1 heterocycles. The zero-order chi connectivity index (χ0) is 21.6. The number of imide groups is 1. The maximum Gasteiger partial charge on any atom is 0.343 e. The highest BCUT2D eigenvalue weighted by molar-refractivity contribution is 8.18. The number of thioether (sulfide) groups is 1. The first kappa shape index (κ1) is 22.3. The summed E-state index contributed by atoms with van der Waals surface area (Å²) in [4.78, 5) is 48.7. The number of nitrogens with zero attached hydrogens (tertiary/aromatic N) is 1. The Hall–Kier alpha value is -3.01. The molecule has 0 aromatic heterocycles. The molecule has 10 heteroatoms. The lowest BCUT2D eigenvalue weighted by Gasteiger charge is -2.18. The minimum atomic E-state index is -1.02. The largest absolute Gasteiger partial charge is 0.490 e. The third kappa shape index (κ3) is 5.29. The zero-order valence-corrected chi connectivity index (χ0v) is 17.2. The van der Waals surface area contributed by atoms with Gasteiger partial charge in [-0.05, 0) is 49.4 Å². The summed E-state index contributed by atoms with van der Waals surface area (Å²) >= 11 is 0.731. The van der Waals surface area contributed by atoms with Crippen LogP contribution in [0.25, 0.3) is 6.08 Å². The van der Waals surface area contributed by atoms with E-state index >= 15 is 0 Å². The smallest absolute Gasteiger partial charge is 0.343 e. The van der Waals surface area contributed by atoms with Gasteiger partial charge in [0.25, 0.3) is 11.1 Å². The van der Waals surface area contributed by atoms with E-state index in [-0.39, 0.29) is 11.5 Å². The van der Waals surface area contributed by atoms with Gasteiger partial charge in [-0.3, -0.25) is 14.5 Å². The van der Waals surface area contributed by atoms with Crippen LogP contribution in [0.2, 0.25) is 0 Å². The molecule has 2 rings (SSSR count). The van der Waals surface area contributed by atoms with Crippen LogP contribution in [0.4, 0.5) is 4.79 Å². The number of esters is 2. The van der Waals surface area contributed by atoms with Crippen LogP contribution in [0.5, 0.6) is 11.5 Å². The van der Waals surface area contributed by atoms with Crippen molar-refractivity contribution in [2.45, 2.75) is 19.9 Å². The van der Waals surface area contributed by atoms with Gasteiger partial charge in [0.1, 0.15) is 6.04 Å². The van der Waals surface area contributed by atoms with Gasteiger partial charge >= 0.3 is 11.9 Å². The normalized spacial score (nSPS) is 16.0. The van der Waals surface area contributed by atoms with Crippen molar-refractivity contribution in [3.8, 4) is 11.5 Å². The Kier molecular flexibility index (Phi) is 7.66. The van der Waals surface area contributed by atoms with Gasteiger partial charge in [-0.15, -0.1) is 0 Å². The molecule has 1 atom stereocenters. The SMILES string of the molecule is CCOc1cc(/C=C2/SC(=O)N([C@H](C)C(=O)OC)C2=O)ccc1OCC(=O)OC. The van der Waals surface area contributed by atoms with Gasteiger partial charge in [-0.2, -0.15) is 0 Å². The Balaban J connectivity index is 2.26. The molecule has 29 heavy (non-hydrogen) atoms. The van der Waals surface area contributed by atoms with Gasteiger partial charge in [0.2, 0.25) is 0 Å².